The van der Waals surface area contributed by atoms with Crippen LogP contribution < -0.4 is 0 Å². The zero-order chi connectivity index (χ0) is 13.3. The highest BCUT2D eigenvalue weighted by Crippen LogP contribution is 2.41. The van der Waals surface area contributed by atoms with Crippen LogP contribution in [0, 0.1) is 0 Å². The summed E-state index contributed by atoms with van der Waals surface area (Å²) in [7, 11) is 2.88. The van der Waals surface area contributed by atoms with E-state index in [0.29, 0.717) is 12.0 Å². The molecule has 0 spiro atoms. The van der Waals surface area contributed by atoms with Crippen LogP contribution in [0.5, 0.6) is 0 Å². The van der Waals surface area contributed by atoms with Gasteiger partial charge in [0.2, 0.25) is 5.91 Å². The van der Waals surface area contributed by atoms with Crippen molar-refractivity contribution in [3.63, 3.8) is 0 Å². The van der Waals surface area contributed by atoms with Crippen LogP contribution in [0.25, 0.3) is 0 Å². The highest BCUT2D eigenvalue weighted by Gasteiger charge is 2.56. The third-order valence-corrected chi connectivity index (χ3v) is 3.29. The largest absolute Gasteiger partial charge is 0.466 e. The van der Waals surface area contributed by atoms with E-state index in [9.17, 15) is 9.59 Å². The topological polar surface area (TPSA) is 64.8 Å². The molecule has 1 heterocycles. The monoisotopic (exact) mass is 255 g/mol. The van der Waals surface area contributed by atoms with E-state index >= 15 is 0 Å². The molecule has 3 atom stereocenters. The third kappa shape index (κ3) is 2.26. The van der Waals surface area contributed by atoms with Crippen molar-refractivity contribution in [1.82, 2.24) is 4.90 Å². The predicted octanol–water partition coefficient (Wildman–Crippen LogP) is 0.0779. The first-order valence-electron chi connectivity index (χ1n) is 5.78. The first-order chi connectivity index (χ1) is 8.60. The standard InChI is InChI=1S/C12H17NO5/c1-7(14)13-9-4-8(12(15)17-3)5-10(11(9)13)18-6-16-2/h4,9-11H,5-6H2,1-3H3. The molecular formula is C12H17NO5. The molecule has 2 aliphatic rings. The van der Waals surface area contributed by atoms with Crippen LogP contribution in [0.15, 0.2) is 11.6 Å². The van der Waals surface area contributed by atoms with Crippen molar-refractivity contribution >= 4 is 11.9 Å². The zero-order valence-corrected chi connectivity index (χ0v) is 10.7. The summed E-state index contributed by atoms with van der Waals surface area (Å²) in [5.41, 5.74) is 0.559. The minimum Gasteiger partial charge on any atom is -0.466 e. The Morgan fingerprint density at radius 2 is 2.17 bits per heavy atom. The fraction of sp³-hybridized carbons (Fsp3) is 0.667. The Hall–Kier alpha value is -1.40. The van der Waals surface area contributed by atoms with E-state index in [-0.39, 0.29) is 36.9 Å². The van der Waals surface area contributed by atoms with E-state index in [4.69, 9.17) is 14.2 Å². The Kier molecular flexibility index (Phi) is 3.68. The van der Waals surface area contributed by atoms with Gasteiger partial charge in [-0.25, -0.2) is 4.79 Å². The Labute approximate surface area is 105 Å². The molecule has 3 unspecified atom stereocenters. The molecule has 0 bridgehead atoms. The summed E-state index contributed by atoms with van der Waals surface area (Å²) in [5, 5.41) is 0. The van der Waals surface area contributed by atoms with Crippen molar-refractivity contribution in [3.05, 3.63) is 11.6 Å². The number of carbonyl (C=O) groups excluding carboxylic acids is 2. The zero-order valence-electron chi connectivity index (χ0n) is 10.7. The predicted molar refractivity (Wildman–Crippen MR) is 61.6 cm³/mol. The number of amides is 1. The maximum Gasteiger partial charge on any atom is 0.333 e. The van der Waals surface area contributed by atoms with Gasteiger partial charge >= 0.3 is 5.97 Å². The lowest BCUT2D eigenvalue weighted by molar-refractivity contribution is -0.137. The van der Waals surface area contributed by atoms with Gasteiger partial charge in [0.25, 0.3) is 0 Å². The SMILES string of the molecule is COCOC1CC(C(=O)OC)=CC2C1N2C(C)=O. The van der Waals surface area contributed by atoms with Gasteiger partial charge in [-0.05, 0) is 6.08 Å². The lowest BCUT2D eigenvalue weighted by Crippen LogP contribution is -2.29. The van der Waals surface area contributed by atoms with Gasteiger partial charge in [-0.15, -0.1) is 0 Å². The van der Waals surface area contributed by atoms with Gasteiger partial charge in [0.15, 0.2) is 0 Å². The van der Waals surface area contributed by atoms with E-state index in [2.05, 4.69) is 0 Å². The first-order valence-corrected chi connectivity index (χ1v) is 5.78. The van der Waals surface area contributed by atoms with Gasteiger partial charge in [0.05, 0.1) is 25.3 Å². The summed E-state index contributed by atoms with van der Waals surface area (Å²) < 4.78 is 15.1. The third-order valence-electron chi connectivity index (χ3n) is 3.29. The number of carbonyl (C=O) groups is 2. The molecule has 0 radical (unpaired) electrons. The quantitative estimate of drug-likeness (QED) is 0.404. The Morgan fingerprint density at radius 3 is 2.72 bits per heavy atom. The first kappa shape index (κ1) is 13.0. The summed E-state index contributed by atoms with van der Waals surface area (Å²) in [5.74, 6) is -0.381. The molecule has 100 valence electrons. The molecule has 1 aliphatic heterocycles. The van der Waals surface area contributed by atoms with Gasteiger partial charge in [0.1, 0.15) is 6.79 Å². The van der Waals surface area contributed by atoms with E-state index in [1.54, 1.807) is 11.0 Å². The van der Waals surface area contributed by atoms with Crippen LogP contribution in [0.3, 0.4) is 0 Å². The smallest absolute Gasteiger partial charge is 0.333 e. The van der Waals surface area contributed by atoms with Crippen LogP contribution in [0.4, 0.5) is 0 Å². The highest BCUT2D eigenvalue weighted by atomic mass is 16.7. The number of hydrogen-bond acceptors (Lipinski definition) is 5. The number of fused-ring (bicyclic) bond motifs is 1. The summed E-state index contributed by atoms with van der Waals surface area (Å²) >= 11 is 0. The van der Waals surface area contributed by atoms with Crippen LogP contribution in [-0.2, 0) is 23.8 Å². The molecule has 1 amide bonds. The summed E-state index contributed by atoms with van der Waals surface area (Å²) in [6.07, 6.45) is 2.03. The van der Waals surface area contributed by atoms with Gasteiger partial charge in [-0.2, -0.15) is 0 Å². The fourth-order valence-electron chi connectivity index (χ4n) is 2.47. The Morgan fingerprint density at radius 1 is 1.44 bits per heavy atom. The molecule has 1 aliphatic carbocycles. The van der Waals surface area contributed by atoms with Gasteiger partial charge in [-0.3, -0.25) is 4.79 Å². The maximum absolute atomic E-state index is 11.5. The van der Waals surface area contributed by atoms with Crippen molar-refractivity contribution in [2.75, 3.05) is 21.0 Å². The van der Waals surface area contributed by atoms with E-state index < -0.39 is 0 Å². The van der Waals surface area contributed by atoms with Crippen molar-refractivity contribution in [2.45, 2.75) is 31.5 Å². The summed E-state index contributed by atoms with van der Waals surface area (Å²) in [6, 6.07) is -0.0294. The molecule has 6 nitrogen and oxygen atoms in total. The maximum atomic E-state index is 11.5. The highest BCUT2D eigenvalue weighted by molar-refractivity contribution is 5.90. The van der Waals surface area contributed by atoms with Gasteiger partial charge < -0.3 is 19.1 Å². The Bertz CT molecular complexity index is 392. The number of esters is 1. The lowest BCUT2D eigenvalue weighted by Gasteiger charge is -2.19. The molecule has 0 N–H and O–H groups in total. The van der Waals surface area contributed by atoms with Crippen LogP contribution in [0.1, 0.15) is 13.3 Å². The Balaban J connectivity index is 2.12. The number of methoxy groups -OCH3 is 2. The van der Waals surface area contributed by atoms with Crippen LogP contribution >= 0.6 is 0 Å². The van der Waals surface area contributed by atoms with Crippen molar-refractivity contribution in [1.29, 1.82) is 0 Å². The summed E-state index contributed by atoms with van der Waals surface area (Å²) in [4.78, 5) is 24.7. The molecule has 6 heteroatoms. The van der Waals surface area contributed by atoms with Crippen molar-refractivity contribution < 1.29 is 23.8 Å². The number of hydrogen-bond donors (Lipinski definition) is 0. The van der Waals surface area contributed by atoms with E-state index in [1.807, 2.05) is 0 Å². The number of rotatable bonds is 4. The van der Waals surface area contributed by atoms with Crippen molar-refractivity contribution in [2.24, 2.45) is 0 Å². The molecule has 1 fully saturated rings. The normalized spacial score (nSPS) is 29.4. The van der Waals surface area contributed by atoms with Crippen LogP contribution in [0.2, 0.25) is 0 Å². The molecule has 0 aromatic rings. The second kappa shape index (κ2) is 5.07. The fourth-order valence-corrected chi connectivity index (χ4v) is 2.47. The van der Waals surface area contributed by atoms with E-state index in [1.165, 1.54) is 21.1 Å². The average molecular weight is 255 g/mol. The number of nitrogens with zero attached hydrogens (tertiary/aromatic N) is 1. The average Bonchev–Trinajstić information content (AvgIpc) is 3.09. The molecule has 0 aromatic heterocycles. The van der Waals surface area contributed by atoms with E-state index in [0.717, 1.165) is 0 Å². The molecule has 18 heavy (non-hydrogen) atoms. The van der Waals surface area contributed by atoms with Gasteiger partial charge in [-0.1, -0.05) is 0 Å². The summed E-state index contributed by atoms with van der Waals surface area (Å²) in [6.45, 7) is 1.66. The molecule has 1 saturated heterocycles. The molecule has 2 rings (SSSR count). The van der Waals surface area contributed by atoms with Crippen LogP contribution in [-0.4, -0.2) is 56.0 Å². The lowest BCUT2D eigenvalue weighted by atomic mass is 9.97. The molecular weight excluding hydrogens is 238 g/mol. The molecule has 0 aromatic carbocycles. The minimum atomic E-state index is -0.366. The second-order valence-electron chi connectivity index (χ2n) is 4.41. The van der Waals surface area contributed by atoms with Gasteiger partial charge in [0, 0.05) is 26.0 Å². The number of ether oxygens (including phenoxy) is 3. The second-order valence-corrected chi connectivity index (χ2v) is 4.41. The molecule has 0 saturated carbocycles. The minimum absolute atomic E-state index is 0.0154. The van der Waals surface area contributed by atoms with Crippen molar-refractivity contribution in [3.8, 4) is 0 Å².